The van der Waals surface area contributed by atoms with E-state index < -0.39 is 5.82 Å². The van der Waals surface area contributed by atoms with E-state index in [4.69, 9.17) is 11.6 Å². The molecule has 0 aliphatic rings. The molecule has 0 aliphatic heterocycles. The van der Waals surface area contributed by atoms with Gasteiger partial charge in [-0.25, -0.2) is 19.3 Å². The summed E-state index contributed by atoms with van der Waals surface area (Å²) in [6.45, 7) is 1.16. The zero-order valence-corrected chi connectivity index (χ0v) is 13.7. The molecule has 8 heteroatoms. The van der Waals surface area contributed by atoms with Gasteiger partial charge in [0.15, 0.2) is 23.0 Å². The van der Waals surface area contributed by atoms with Gasteiger partial charge in [-0.1, -0.05) is 6.07 Å². The number of nitrogens with zero attached hydrogens (tertiary/aromatic N) is 4. The van der Waals surface area contributed by atoms with Gasteiger partial charge in [-0.15, -0.1) is 11.6 Å². The predicted octanol–water partition coefficient (Wildman–Crippen LogP) is 3.30. The van der Waals surface area contributed by atoms with Crippen LogP contribution in [0.4, 0.5) is 10.2 Å². The summed E-state index contributed by atoms with van der Waals surface area (Å²) in [7, 11) is 0. The lowest BCUT2D eigenvalue weighted by atomic mass is 10.2. The van der Waals surface area contributed by atoms with Crippen LogP contribution in [0.5, 0.6) is 5.75 Å². The number of imidazole rings is 1. The Morgan fingerprint density at radius 3 is 2.88 bits per heavy atom. The summed E-state index contributed by atoms with van der Waals surface area (Å²) in [5, 5.41) is 12.4. The predicted molar refractivity (Wildman–Crippen MR) is 90.7 cm³/mol. The molecule has 0 atom stereocenters. The van der Waals surface area contributed by atoms with Crippen LogP contribution in [-0.2, 0) is 13.1 Å². The molecule has 0 amide bonds. The lowest BCUT2D eigenvalue weighted by molar-refractivity contribution is 0.432. The second kappa shape index (κ2) is 7.44. The topological polar surface area (TPSA) is 75.9 Å². The summed E-state index contributed by atoms with van der Waals surface area (Å²) in [4.78, 5) is 12.9. The molecule has 3 rings (SSSR count). The lowest BCUT2D eigenvalue weighted by Crippen LogP contribution is -2.04. The number of phenols is 1. The number of anilines is 1. The summed E-state index contributed by atoms with van der Waals surface area (Å²) in [6.07, 6.45) is 5.10. The van der Waals surface area contributed by atoms with Crippen LogP contribution in [0.25, 0.3) is 11.2 Å². The van der Waals surface area contributed by atoms with Crippen LogP contribution in [0.1, 0.15) is 18.4 Å². The van der Waals surface area contributed by atoms with Crippen molar-refractivity contribution in [2.75, 3.05) is 11.2 Å². The maximum absolute atomic E-state index is 13.4. The Morgan fingerprint density at radius 2 is 2.08 bits per heavy atom. The summed E-state index contributed by atoms with van der Waals surface area (Å²) < 4.78 is 15.3. The number of hydrogen-bond acceptors (Lipinski definition) is 5. The van der Waals surface area contributed by atoms with Gasteiger partial charge >= 0.3 is 0 Å². The maximum atomic E-state index is 13.4. The number of aryl methyl sites for hydroxylation is 1. The monoisotopic (exact) mass is 349 g/mol. The number of aromatic hydroxyl groups is 1. The average Bonchev–Trinajstić information content (AvgIpc) is 3.00. The summed E-state index contributed by atoms with van der Waals surface area (Å²) in [6, 6.07) is 4.26. The number of phenolic OH excluding ortho intramolecular Hbond substituents is 1. The first-order valence-corrected chi connectivity index (χ1v) is 8.15. The van der Waals surface area contributed by atoms with Crippen molar-refractivity contribution in [3.63, 3.8) is 0 Å². The first-order valence-electron chi connectivity index (χ1n) is 7.62. The Labute approximate surface area is 143 Å². The third-order valence-corrected chi connectivity index (χ3v) is 3.92. The number of hydrogen-bond donors (Lipinski definition) is 2. The average molecular weight is 350 g/mol. The quantitative estimate of drug-likeness (QED) is 0.505. The molecule has 0 radical (unpaired) electrons. The summed E-state index contributed by atoms with van der Waals surface area (Å²) in [5.41, 5.74) is 2.11. The molecule has 126 valence electrons. The minimum Gasteiger partial charge on any atom is -0.505 e. The van der Waals surface area contributed by atoms with Crippen molar-refractivity contribution in [1.82, 2.24) is 19.5 Å². The normalized spacial score (nSPS) is 11.1. The largest absolute Gasteiger partial charge is 0.505 e. The Kier molecular flexibility index (Phi) is 5.10. The first kappa shape index (κ1) is 16.4. The number of alkyl halides is 1. The van der Waals surface area contributed by atoms with Gasteiger partial charge in [-0.3, -0.25) is 0 Å². The van der Waals surface area contributed by atoms with Crippen LogP contribution in [0.15, 0.2) is 30.9 Å². The van der Waals surface area contributed by atoms with E-state index in [1.54, 1.807) is 12.4 Å². The number of fused-ring (bicyclic) bond motifs is 1. The zero-order valence-electron chi connectivity index (χ0n) is 12.9. The van der Waals surface area contributed by atoms with E-state index in [9.17, 15) is 9.50 Å². The van der Waals surface area contributed by atoms with Crippen molar-refractivity contribution in [2.24, 2.45) is 0 Å². The third-order valence-electron chi connectivity index (χ3n) is 3.66. The van der Waals surface area contributed by atoms with Crippen molar-refractivity contribution in [3.05, 3.63) is 42.2 Å². The minimum atomic E-state index is -0.647. The van der Waals surface area contributed by atoms with Crippen molar-refractivity contribution in [1.29, 1.82) is 0 Å². The highest BCUT2D eigenvalue weighted by Gasteiger charge is 2.10. The van der Waals surface area contributed by atoms with Gasteiger partial charge < -0.3 is 15.0 Å². The van der Waals surface area contributed by atoms with E-state index in [0.29, 0.717) is 29.3 Å². The number of rotatable bonds is 7. The van der Waals surface area contributed by atoms with Crippen LogP contribution < -0.4 is 5.32 Å². The molecular weight excluding hydrogens is 333 g/mol. The molecule has 6 nitrogen and oxygen atoms in total. The first-order chi connectivity index (χ1) is 11.7. The minimum absolute atomic E-state index is 0.362. The van der Waals surface area contributed by atoms with Crippen molar-refractivity contribution < 1.29 is 9.50 Å². The molecule has 2 aromatic heterocycles. The molecule has 0 fully saturated rings. The fourth-order valence-corrected chi connectivity index (χ4v) is 2.59. The van der Waals surface area contributed by atoms with Crippen LogP contribution in [0.3, 0.4) is 0 Å². The van der Waals surface area contributed by atoms with Crippen molar-refractivity contribution >= 4 is 28.6 Å². The molecular formula is C16H17ClFN5O. The summed E-state index contributed by atoms with van der Waals surface area (Å²) >= 11 is 5.70. The fourth-order valence-electron chi connectivity index (χ4n) is 2.40. The molecule has 0 spiro atoms. The standard InChI is InChI=1S/C16H17ClFN5O/c17-5-1-2-6-23-10-22-14-15(20-9-21-16(14)23)19-8-11-3-4-13(24)12(18)7-11/h3-4,7,9-10,24H,1-2,5-6,8H2,(H,19,20,21). The Hall–Kier alpha value is -2.41. The molecule has 2 N–H and O–H groups in total. The van der Waals surface area contributed by atoms with Gasteiger partial charge in [0.1, 0.15) is 11.8 Å². The Balaban J connectivity index is 1.76. The van der Waals surface area contributed by atoms with Gasteiger partial charge in [0.2, 0.25) is 0 Å². The van der Waals surface area contributed by atoms with Gasteiger partial charge in [0, 0.05) is 19.0 Å². The van der Waals surface area contributed by atoms with Crippen molar-refractivity contribution in [2.45, 2.75) is 25.9 Å². The third kappa shape index (κ3) is 3.56. The molecule has 24 heavy (non-hydrogen) atoms. The van der Waals surface area contributed by atoms with Crippen LogP contribution in [0.2, 0.25) is 0 Å². The molecule has 1 aromatic carbocycles. The van der Waals surface area contributed by atoms with Gasteiger partial charge in [-0.2, -0.15) is 0 Å². The van der Waals surface area contributed by atoms with E-state index in [2.05, 4.69) is 20.3 Å². The molecule has 0 bridgehead atoms. The molecule has 0 saturated carbocycles. The fraction of sp³-hybridized carbons (Fsp3) is 0.312. The van der Waals surface area contributed by atoms with E-state index in [1.165, 1.54) is 18.5 Å². The van der Waals surface area contributed by atoms with Gasteiger partial charge in [0.25, 0.3) is 0 Å². The van der Waals surface area contributed by atoms with Crippen LogP contribution >= 0.6 is 11.6 Å². The number of unbranched alkanes of at least 4 members (excludes halogenated alkanes) is 1. The second-order valence-electron chi connectivity index (χ2n) is 5.37. The number of halogens is 2. The lowest BCUT2D eigenvalue weighted by Gasteiger charge is -2.07. The molecule has 0 aliphatic carbocycles. The van der Waals surface area contributed by atoms with Crippen LogP contribution in [0, 0.1) is 5.82 Å². The number of aromatic nitrogens is 4. The molecule has 2 heterocycles. The maximum Gasteiger partial charge on any atom is 0.165 e. The zero-order chi connectivity index (χ0) is 16.9. The van der Waals surface area contributed by atoms with Gasteiger partial charge in [-0.05, 0) is 30.5 Å². The smallest absolute Gasteiger partial charge is 0.165 e. The summed E-state index contributed by atoms with van der Waals surface area (Å²) in [5.74, 6) is 0.214. The number of benzene rings is 1. The van der Waals surface area contributed by atoms with Crippen LogP contribution in [-0.4, -0.2) is 30.5 Å². The molecule has 0 saturated heterocycles. The van der Waals surface area contributed by atoms with E-state index in [-0.39, 0.29) is 5.75 Å². The highest BCUT2D eigenvalue weighted by molar-refractivity contribution is 6.17. The molecule has 0 unspecified atom stereocenters. The second-order valence-corrected chi connectivity index (χ2v) is 5.75. The Morgan fingerprint density at radius 1 is 1.21 bits per heavy atom. The van der Waals surface area contributed by atoms with Gasteiger partial charge in [0.05, 0.1) is 6.33 Å². The van der Waals surface area contributed by atoms with E-state index >= 15 is 0 Å². The Bertz CT molecular complexity index is 838. The highest BCUT2D eigenvalue weighted by atomic mass is 35.5. The number of nitrogens with one attached hydrogen (secondary N) is 1. The highest BCUT2D eigenvalue weighted by Crippen LogP contribution is 2.20. The SMILES string of the molecule is Oc1ccc(CNc2ncnc3c2ncn3CCCCCl)cc1F. The van der Waals surface area contributed by atoms with E-state index in [0.717, 1.165) is 25.0 Å². The van der Waals surface area contributed by atoms with Crippen molar-refractivity contribution in [3.8, 4) is 5.75 Å². The van der Waals surface area contributed by atoms with E-state index in [1.807, 2.05) is 4.57 Å². The molecule has 3 aromatic rings.